The number of hydrogen-bond acceptors (Lipinski definition) is 5. The summed E-state index contributed by atoms with van der Waals surface area (Å²) in [5, 5.41) is 2.92. The van der Waals surface area contributed by atoms with Crippen molar-refractivity contribution in [3.05, 3.63) is 48.4 Å². The number of likely N-dealkylation sites (N-methyl/N-ethyl adjacent to an activating group) is 1. The molecule has 1 saturated heterocycles. The second-order valence-corrected chi connectivity index (χ2v) is 5.76. The van der Waals surface area contributed by atoms with Crippen LogP contribution >= 0.6 is 0 Å². The van der Waals surface area contributed by atoms with Crippen molar-refractivity contribution >= 4 is 6.03 Å². The molecule has 23 heavy (non-hydrogen) atoms. The summed E-state index contributed by atoms with van der Waals surface area (Å²) in [7, 11) is 2.05. The van der Waals surface area contributed by atoms with Crippen molar-refractivity contribution in [1.29, 1.82) is 0 Å². The molecule has 1 fully saturated rings. The average molecular weight is 315 g/mol. The zero-order chi connectivity index (χ0) is 16.1. The van der Waals surface area contributed by atoms with Gasteiger partial charge in [-0.2, -0.15) is 0 Å². The van der Waals surface area contributed by atoms with E-state index in [9.17, 15) is 4.79 Å². The van der Waals surface area contributed by atoms with Crippen molar-refractivity contribution in [2.45, 2.75) is 25.6 Å². The van der Waals surface area contributed by atoms with Gasteiger partial charge in [0.2, 0.25) is 0 Å². The Hall–Kier alpha value is -2.41. The third-order valence-corrected chi connectivity index (χ3v) is 4.11. The van der Waals surface area contributed by atoms with Crippen LogP contribution in [-0.4, -0.2) is 52.0 Å². The van der Waals surface area contributed by atoms with E-state index in [1.54, 1.807) is 24.9 Å². The van der Waals surface area contributed by atoms with Crippen LogP contribution < -0.4 is 5.32 Å². The Morgan fingerprint density at radius 3 is 3.04 bits per heavy atom. The fraction of sp³-hybridized carbons (Fsp3) is 0.438. The van der Waals surface area contributed by atoms with Crippen LogP contribution in [0.1, 0.15) is 17.8 Å². The number of carbonyl (C=O) groups is 1. The summed E-state index contributed by atoms with van der Waals surface area (Å²) >= 11 is 0. The summed E-state index contributed by atoms with van der Waals surface area (Å²) in [6.45, 7) is 2.67. The lowest BCUT2D eigenvalue weighted by Gasteiger charge is -2.24. The summed E-state index contributed by atoms with van der Waals surface area (Å²) < 4.78 is 4.99. The molecule has 0 aromatic carbocycles. The van der Waals surface area contributed by atoms with Crippen molar-refractivity contribution in [3.8, 4) is 0 Å². The molecular formula is C16H21N5O2. The molecule has 1 atom stereocenters. The van der Waals surface area contributed by atoms with Crippen LogP contribution in [0.4, 0.5) is 4.79 Å². The molecular weight excluding hydrogens is 294 g/mol. The van der Waals surface area contributed by atoms with Crippen molar-refractivity contribution in [3.63, 3.8) is 0 Å². The van der Waals surface area contributed by atoms with Gasteiger partial charge >= 0.3 is 6.03 Å². The van der Waals surface area contributed by atoms with Crippen molar-refractivity contribution in [2.75, 3.05) is 20.1 Å². The topological polar surface area (TPSA) is 74.5 Å². The zero-order valence-electron chi connectivity index (χ0n) is 13.2. The SMILES string of the molecule is CN(Cc1ncccn1)[C@@H]1CCN(C(=O)NCc2ccoc2)C1. The highest BCUT2D eigenvalue weighted by molar-refractivity contribution is 5.74. The number of rotatable bonds is 5. The van der Waals surface area contributed by atoms with Gasteiger partial charge < -0.3 is 14.6 Å². The first-order valence-electron chi connectivity index (χ1n) is 7.72. The van der Waals surface area contributed by atoms with E-state index in [4.69, 9.17) is 4.42 Å². The molecule has 0 radical (unpaired) electrons. The fourth-order valence-electron chi connectivity index (χ4n) is 2.73. The molecule has 1 aliphatic heterocycles. The summed E-state index contributed by atoms with van der Waals surface area (Å²) in [5.74, 6) is 0.804. The molecule has 122 valence electrons. The highest BCUT2D eigenvalue weighted by Crippen LogP contribution is 2.16. The molecule has 2 aromatic rings. The number of aromatic nitrogens is 2. The number of nitrogens with one attached hydrogen (secondary N) is 1. The molecule has 1 N–H and O–H groups in total. The van der Waals surface area contributed by atoms with E-state index in [-0.39, 0.29) is 6.03 Å². The van der Waals surface area contributed by atoms with Gasteiger partial charge in [0.1, 0.15) is 5.82 Å². The number of amides is 2. The monoisotopic (exact) mass is 315 g/mol. The van der Waals surface area contributed by atoms with Gasteiger partial charge in [-0.15, -0.1) is 0 Å². The summed E-state index contributed by atoms with van der Waals surface area (Å²) in [6.07, 6.45) is 7.71. The van der Waals surface area contributed by atoms with Gasteiger partial charge in [0.25, 0.3) is 0 Å². The van der Waals surface area contributed by atoms with Crippen LogP contribution in [0.15, 0.2) is 41.5 Å². The first-order valence-corrected chi connectivity index (χ1v) is 7.72. The van der Waals surface area contributed by atoms with Gasteiger partial charge in [0.15, 0.2) is 0 Å². The minimum atomic E-state index is -0.0296. The Labute approximate surface area is 135 Å². The minimum absolute atomic E-state index is 0.0296. The van der Waals surface area contributed by atoms with Crippen LogP contribution in [0.25, 0.3) is 0 Å². The zero-order valence-corrected chi connectivity index (χ0v) is 13.2. The maximum Gasteiger partial charge on any atom is 0.317 e. The molecule has 0 saturated carbocycles. The average Bonchev–Trinajstić information content (AvgIpc) is 3.25. The second-order valence-electron chi connectivity index (χ2n) is 5.76. The maximum atomic E-state index is 12.2. The standard InChI is InChI=1S/C16H21N5O2/c1-20(11-15-17-5-2-6-18-15)14-3-7-21(10-14)16(22)19-9-13-4-8-23-12-13/h2,4-6,8,12,14H,3,7,9-11H2,1H3,(H,19,22)/t14-/m1/s1. The second kappa shape index (κ2) is 7.23. The van der Waals surface area contributed by atoms with E-state index in [1.165, 1.54) is 0 Å². The Morgan fingerprint density at radius 1 is 1.48 bits per heavy atom. The van der Waals surface area contributed by atoms with E-state index >= 15 is 0 Å². The summed E-state index contributed by atoms with van der Waals surface area (Å²) in [5.41, 5.74) is 0.965. The van der Waals surface area contributed by atoms with Crippen LogP contribution in [0.3, 0.4) is 0 Å². The van der Waals surface area contributed by atoms with Crippen molar-refractivity contribution < 1.29 is 9.21 Å². The third-order valence-electron chi connectivity index (χ3n) is 4.11. The maximum absolute atomic E-state index is 12.2. The van der Waals surface area contributed by atoms with Crippen molar-refractivity contribution in [2.24, 2.45) is 0 Å². The molecule has 7 nitrogen and oxygen atoms in total. The molecule has 3 rings (SSSR count). The molecule has 7 heteroatoms. The molecule has 0 unspecified atom stereocenters. The summed E-state index contributed by atoms with van der Waals surface area (Å²) in [4.78, 5) is 24.8. The minimum Gasteiger partial charge on any atom is -0.472 e. The van der Waals surface area contributed by atoms with Gasteiger partial charge in [-0.05, 0) is 25.6 Å². The van der Waals surface area contributed by atoms with Crippen LogP contribution in [0.2, 0.25) is 0 Å². The third kappa shape index (κ3) is 4.07. The fourth-order valence-corrected chi connectivity index (χ4v) is 2.73. The van der Waals surface area contributed by atoms with Gasteiger partial charge in [-0.3, -0.25) is 4.90 Å². The van der Waals surface area contributed by atoms with E-state index in [0.717, 1.165) is 30.9 Å². The molecule has 0 spiro atoms. The molecule has 1 aliphatic rings. The first-order chi connectivity index (χ1) is 11.2. The quantitative estimate of drug-likeness (QED) is 0.905. The van der Waals surface area contributed by atoms with Crippen LogP contribution in [0, 0.1) is 0 Å². The predicted octanol–water partition coefficient (Wildman–Crippen LogP) is 1.49. The lowest BCUT2D eigenvalue weighted by Crippen LogP contribution is -2.41. The number of hydrogen-bond donors (Lipinski definition) is 1. The highest BCUT2D eigenvalue weighted by Gasteiger charge is 2.29. The van der Waals surface area contributed by atoms with E-state index < -0.39 is 0 Å². The number of nitrogens with zero attached hydrogens (tertiary/aromatic N) is 4. The van der Waals surface area contributed by atoms with E-state index in [0.29, 0.717) is 19.1 Å². The molecule has 2 amide bonds. The smallest absolute Gasteiger partial charge is 0.317 e. The Kier molecular flexibility index (Phi) is 4.87. The Bertz CT molecular complexity index is 617. The lowest BCUT2D eigenvalue weighted by atomic mass is 10.2. The van der Waals surface area contributed by atoms with Gasteiger partial charge in [0, 0.05) is 43.6 Å². The molecule has 3 heterocycles. The Morgan fingerprint density at radius 2 is 2.30 bits per heavy atom. The number of furan rings is 1. The molecule has 0 bridgehead atoms. The number of likely N-dealkylation sites (tertiary alicyclic amines) is 1. The first kappa shape index (κ1) is 15.5. The Balaban J connectivity index is 1.46. The lowest BCUT2D eigenvalue weighted by molar-refractivity contribution is 0.195. The number of carbonyl (C=O) groups excluding carboxylic acids is 1. The van der Waals surface area contributed by atoms with E-state index in [2.05, 4.69) is 20.2 Å². The van der Waals surface area contributed by atoms with Gasteiger partial charge in [-0.1, -0.05) is 0 Å². The van der Waals surface area contributed by atoms with Crippen molar-refractivity contribution in [1.82, 2.24) is 25.1 Å². The number of urea groups is 1. The van der Waals surface area contributed by atoms with Gasteiger partial charge in [0.05, 0.1) is 19.1 Å². The predicted molar refractivity (Wildman–Crippen MR) is 84.4 cm³/mol. The molecule has 2 aromatic heterocycles. The van der Waals surface area contributed by atoms with Gasteiger partial charge in [-0.25, -0.2) is 14.8 Å². The highest BCUT2D eigenvalue weighted by atomic mass is 16.3. The van der Waals surface area contributed by atoms with Crippen LogP contribution in [-0.2, 0) is 13.1 Å². The van der Waals surface area contributed by atoms with E-state index in [1.807, 2.05) is 24.1 Å². The van der Waals surface area contributed by atoms with Crippen LogP contribution in [0.5, 0.6) is 0 Å². The molecule has 0 aliphatic carbocycles. The largest absolute Gasteiger partial charge is 0.472 e. The summed E-state index contributed by atoms with van der Waals surface area (Å²) in [6, 6.07) is 3.96. The normalized spacial score (nSPS) is 17.7.